The predicted octanol–water partition coefficient (Wildman–Crippen LogP) is 0.443. The topological polar surface area (TPSA) is 78.9 Å². The summed E-state index contributed by atoms with van der Waals surface area (Å²) < 4.78 is 35.7. The molecule has 86 valence electrons. The molecule has 1 rings (SSSR count). The lowest BCUT2D eigenvalue weighted by atomic mass is 10.1. The van der Waals surface area contributed by atoms with E-state index in [0.717, 1.165) is 7.11 Å². The van der Waals surface area contributed by atoms with Crippen LogP contribution >= 0.6 is 0 Å². The van der Waals surface area contributed by atoms with E-state index in [1.807, 2.05) is 0 Å². The SMILES string of the molecule is C=CC1OC(=O)OC1CCS(=O)(=O)OC. The van der Waals surface area contributed by atoms with E-state index in [0.29, 0.717) is 0 Å². The number of carbonyl (C=O) groups excluding carboxylic acids is 1. The molecule has 0 spiro atoms. The van der Waals surface area contributed by atoms with Crippen LogP contribution in [0.5, 0.6) is 0 Å². The third-order valence-electron chi connectivity index (χ3n) is 1.98. The fraction of sp³-hybridized carbons (Fsp3) is 0.625. The molecular weight excluding hydrogens is 224 g/mol. The maximum absolute atomic E-state index is 11.0. The Balaban J connectivity index is 2.52. The highest BCUT2D eigenvalue weighted by atomic mass is 32.2. The predicted molar refractivity (Wildman–Crippen MR) is 50.8 cm³/mol. The van der Waals surface area contributed by atoms with Gasteiger partial charge in [-0.1, -0.05) is 6.58 Å². The fourth-order valence-corrected chi connectivity index (χ4v) is 1.86. The van der Waals surface area contributed by atoms with E-state index in [4.69, 9.17) is 9.47 Å². The average molecular weight is 236 g/mol. The molecule has 7 heteroatoms. The number of cyclic esters (lactones) is 2. The van der Waals surface area contributed by atoms with E-state index < -0.39 is 28.5 Å². The lowest BCUT2D eigenvalue weighted by Crippen LogP contribution is -2.24. The standard InChI is InChI=1S/C8H12O6S/c1-3-6-7(14-8(9)13-6)4-5-15(10,11)12-2/h3,6-7H,1,4-5H2,2H3. The number of rotatable bonds is 5. The third-order valence-corrected chi connectivity index (χ3v) is 3.23. The Morgan fingerprint density at radius 1 is 1.53 bits per heavy atom. The Bertz CT molecular complexity index is 346. The van der Waals surface area contributed by atoms with Crippen molar-refractivity contribution in [1.82, 2.24) is 0 Å². The second kappa shape index (κ2) is 4.63. The highest BCUT2D eigenvalue weighted by Gasteiger charge is 2.35. The van der Waals surface area contributed by atoms with E-state index >= 15 is 0 Å². The van der Waals surface area contributed by atoms with Crippen LogP contribution in [0, 0.1) is 0 Å². The largest absolute Gasteiger partial charge is 0.509 e. The van der Waals surface area contributed by atoms with E-state index in [2.05, 4.69) is 10.8 Å². The normalized spacial score (nSPS) is 25.8. The molecule has 0 aromatic heterocycles. The highest BCUT2D eigenvalue weighted by molar-refractivity contribution is 7.86. The molecule has 0 saturated carbocycles. The minimum atomic E-state index is -3.54. The van der Waals surface area contributed by atoms with Gasteiger partial charge in [0.25, 0.3) is 10.1 Å². The molecule has 15 heavy (non-hydrogen) atoms. The van der Waals surface area contributed by atoms with E-state index in [9.17, 15) is 13.2 Å². The van der Waals surface area contributed by atoms with Crippen molar-refractivity contribution in [2.45, 2.75) is 18.6 Å². The zero-order chi connectivity index (χ0) is 11.5. The van der Waals surface area contributed by atoms with Gasteiger partial charge < -0.3 is 9.47 Å². The molecule has 1 heterocycles. The number of ether oxygens (including phenoxy) is 2. The smallest absolute Gasteiger partial charge is 0.427 e. The van der Waals surface area contributed by atoms with Gasteiger partial charge in [0.05, 0.1) is 12.9 Å². The van der Waals surface area contributed by atoms with Crippen LogP contribution in [0.4, 0.5) is 4.79 Å². The van der Waals surface area contributed by atoms with Gasteiger partial charge in [0.2, 0.25) is 0 Å². The van der Waals surface area contributed by atoms with Gasteiger partial charge in [-0.25, -0.2) is 4.79 Å². The first-order chi connectivity index (χ1) is 6.98. The monoisotopic (exact) mass is 236 g/mol. The first kappa shape index (κ1) is 12.0. The summed E-state index contributed by atoms with van der Waals surface area (Å²) in [4.78, 5) is 10.7. The number of carbonyl (C=O) groups is 1. The van der Waals surface area contributed by atoms with Crippen molar-refractivity contribution in [2.24, 2.45) is 0 Å². The molecule has 0 aromatic rings. The van der Waals surface area contributed by atoms with E-state index in [1.54, 1.807) is 0 Å². The van der Waals surface area contributed by atoms with Crippen molar-refractivity contribution >= 4 is 16.3 Å². The first-order valence-electron chi connectivity index (χ1n) is 4.26. The van der Waals surface area contributed by atoms with Crippen molar-refractivity contribution < 1.29 is 26.9 Å². The Labute approximate surface area is 87.9 Å². The summed E-state index contributed by atoms with van der Waals surface area (Å²) in [6, 6.07) is 0. The molecule has 0 N–H and O–H groups in total. The molecule has 0 bridgehead atoms. The average Bonchev–Trinajstić information content (AvgIpc) is 2.56. The maximum atomic E-state index is 11.0. The van der Waals surface area contributed by atoms with Gasteiger partial charge in [0, 0.05) is 6.42 Å². The van der Waals surface area contributed by atoms with Crippen molar-refractivity contribution in [3.8, 4) is 0 Å². The van der Waals surface area contributed by atoms with Crippen LogP contribution in [0.25, 0.3) is 0 Å². The summed E-state index contributed by atoms with van der Waals surface area (Å²) in [5.41, 5.74) is 0. The quantitative estimate of drug-likeness (QED) is 0.391. The molecule has 1 aliphatic rings. The molecule has 2 atom stereocenters. The molecule has 0 aromatic carbocycles. The molecule has 2 unspecified atom stereocenters. The van der Waals surface area contributed by atoms with Crippen LogP contribution in [0.1, 0.15) is 6.42 Å². The van der Waals surface area contributed by atoms with Crippen LogP contribution in [-0.4, -0.2) is 39.6 Å². The van der Waals surface area contributed by atoms with Crippen LogP contribution in [0.2, 0.25) is 0 Å². The van der Waals surface area contributed by atoms with Gasteiger partial charge in [-0.05, 0) is 6.08 Å². The molecular formula is C8H12O6S. The lowest BCUT2D eigenvalue weighted by Gasteiger charge is -2.10. The second-order valence-corrected chi connectivity index (χ2v) is 4.80. The Morgan fingerprint density at radius 2 is 2.20 bits per heavy atom. The minimum Gasteiger partial charge on any atom is -0.427 e. The summed E-state index contributed by atoms with van der Waals surface area (Å²) in [6.45, 7) is 3.45. The van der Waals surface area contributed by atoms with Crippen molar-refractivity contribution in [3.05, 3.63) is 12.7 Å². The van der Waals surface area contributed by atoms with E-state index in [1.165, 1.54) is 6.08 Å². The van der Waals surface area contributed by atoms with Crippen molar-refractivity contribution in [2.75, 3.05) is 12.9 Å². The summed E-state index contributed by atoms with van der Waals surface area (Å²) >= 11 is 0. The molecule has 0 aliphatic carbocycles. The Morgan fingerprint density at radius 3 is 2.73 bits per heavy atom. The van der Waals surface area contributed by atoms with E-state index in [-0.39, 0.29) is 12.2 Å². The fourth-order valence-electron chi connectivity index (χ4n) is 1.17. The van der Waals surface area contributed by atoms with Crippen molar-refractivity contribution in [3.63, 3.8) is 0 Å². The Kier molecular flexibility index (Phi) is 3.70. The molecule has 1 aliphatic heterocycles. The van der Waals surface area contributed by atoms with Gasteiger partial charge in [-0.15, -0.1) is 0 Å². The van der Waals surface area contributed by atoms with Crippen LogP contribution < -0.4 is 0 Å². The minimum absolute atomic E-state index is 0.124. The zero-order valence-electron chi connectivity index (χ0n) is 8.21. The summed E-state index contributed by atoms with van der Waals surface area (Å²) in [6.07, 6.45) is -0.489. The van der Waals surface area contributed by atoms with Gasteiger partial charge in [0.1, 0.15) is 6.10 Å². The van der Waals surface area contributed by atoms with Crippen LogP contribution in [0.3, 0.4) is 0 Å². The third kappa shape index (κ3) is 3.21. The maximum Gasteiger partial charge on any atom is 0.509 e. The zero-order valence-corrected chi connectivity index (χ0v) is 9.03. The molecule has 1 saturated heterocycles. The molecule has 0 radical (unpaired) electrons. The first-order valence-corrected chi connectivity index (χ1v) is 5.84. The summed E-state index contributed by atoms with van der Waals surface area (Å²) in [5, 5.41) is 0. The summed E-state index contributed by atoms with van der Waals surface area (Å²) in [7, 11) is -2.46. The van der Waals surface area contributed by atoms with Gasteiger partial charge in [-0.3, -0.25) is 4.18 Å². The van der Waals surface area contributed by atoms with Crippen molar-refractivity contribution in [1.29, 1.82) is 0 Å². The van der Waals surface area contributed by atoms with Crippen LogP contribution in [0.15, 0.2) is 12.7 Å². The van der Waals surface area contributed by atoms with Gasteiger partial charge in [-0.2, -0.15) is 8.42 Å². The number of hydrogen-bond donors (Lipinski definition) is 0. The second-order valence-electron chi connectivity index (χ2n) is 2.94. The van der Waals surface area contributed by atoms with Crippen LogP contribution in [-0.2, 0) is 23.8 Å². The highest BCUT2D eigenvalue weighted by Crippen LogP contribution is 2.19. The van der Waals surface area contributed by atoms with Gasteiger partial charge in [0.15, 0.2) is 6.10 Å². The molecule has 6 nitrogen and oxygen atoms in total. The molecule has 0 amide bonds. The number of hydrogen-bond acceptors (Lipinski definition) is 6. The molecule has 1 fully saturated rings. The van der Waals surface area contributed by atoms with Gasteiger partial charge >= 0.3 is 6.16 Å². The Hall–Kier alpha value is -1.08. The lowest BCUT2D eigenvalue weighted by molar-refractivity contribution is 0.116. The summed E-state index contributed by atoms with van der Waals surface area (Å²) in [5.74, 6) is -0.227.